The Kier molecular flexibility index (Phi) is 5.11. The van der Waals surface area contributed by atoms with Crippen LogP contribution in [0.1, 0.15) is 18.4 Å². The van der Waals surface area contributed by atoms with Gasteiger partial charge < -0.3 is 5.32 Å². The normalized spacial score (nSPS) is 15.8. The van der Waals surface area contributed by atoms with E-state index in [1.54, 1.807) is 6.07 Å². The standard InChI is InChI=1S/C18H17F4N3O/c19-14-2-1-3-15(10-14)24-17(26)12-6-8-25(9-7-12)16-5-4-13(11-23-16)18(20,21)22/h1-5,10-12H,6-9H2,(H,24,26)/p+1. The molecule has 4 nitrogen and oxygen atoms in total. The summed E-state index contributed by atoms with van der Waals surface area (Å²) < 4.78 is 51.0. The monoisotopic (exact) mass is 368 g/mol. The van der Waals surface area contributed by atoms with E-state index in [1.165, 1.54) is 24.3 Å². The van der Waals surface area contributed by atoms with Gasteiger partial charge in [0.1, 0.15) is 12.0 Å². The Morgan fingerprint density at radius 1 is 1.15 bits per heavy atom. The number of amides is 1. The van der Waals surface area contributed by atoms with E-state index >= 15 is 0 Å². The first-order valence-corrected chi connectivity index (χ1v) is 8.23. The molecule has 2 heterocycles. The molecular formula is C18H18F4N3O+. The van der Waals surface area contributed by atoms with Crippen LogP contribution < -0.4 is 15.2 Å². The minimum atomic E-state index is -4.38. The van der Waals surface area contributed by atoms with Crippen molar-refractivity contribution in [2.75, 3.05) is 23.3 Å². The smallest absolute Gasteiger partial charge is 0.326 e. The van der Waals surface area contributed by atoms with E-state index in [1.807, 2.05) is 4.90 Å². The molecule has 1 saturated heterocycles. The maximum absolute atomic E-state index is 13.2. The van der Waals surface area contributed by atoms with E-state index in [0.717, 1.165) is 12.3 Å². The van der Waals surface area contributed by atoms with E-state index in [9.17, 15) is 22.4 Å². The number of rotatable bonds is 3. The van der Waals surface area contributed by atoms with Gasteiger partial charge in [-0.05, 0) is 37.1 Å². The molecule has 0 saturated carbocycles. The maximum Gasteiger partial charge on any atom is 0.419 e. The van der Waals surface area contributed by atoms with Crippen LogP contribution >= 0.6 is 0 Å². The second-order valence-corrected chi connectivity index (χ2v) is 6.22. The lowest BCUT2D eigenvalue weighted by Crippen LogP contribution is -2.40. The van der Waals surface area contributed by atoms with Gasteiger partial charge in [0, 0.05) is 17.7 Å². The van der Waals surface area contributed by atoms with Crippen LogP contribution in [0.15, 0.2) is 42.6 Å². The molecule has 0 radical (unpaired) electrons. The molecule has 1 amide bonds. The molecule has 0 spiro atoms. The summed E-state index contributed by atoms with van der Waals surface area (Å²) in [4.78, 5) is 16.9. The highest BCUT2D eigenvalue weighted by Crippen LogP contribution is 2.29. The van der Waals surface area contributed by atoms with E-state index in [2.05, 4.69) is 10.3 Å². The van der Waals surface area contributed by atoms with Crippen molar-refractivity contribution in [2.45, 2.75) is 19.0 Å². The molecule has 0 unspecified atom stereocenters. The fourth-order valence-corrected chi connectivity index (χ4v) is 2.98. The molecule has 2 N–H and O–H groups in total. The lowest BCUT2D eigenvalue weighted by molar-refractivity contribution is -0.367. The van der Waals surface area contributed by atoms with Gasteiger partial charge >= 0.3 is 6.18 Å². The minimum Gasteiger partial charge on any atom is -0.326 e. The van der Waals surface area contributed by atoms with Crippen LogP contribution in [0.5, 0.6) is 0 Å². The molecule has 8 heteroatoms. The Labute approximate surface area is 147 Å². The Bertz CT molecular complexity index is 769. The molecule has 1 aromatic carbocycles. The summed E-state index contributed by atoms with van der Waals surface area (Å²) in [6.45, 7) is 1.09. The van der Waals surface area contributed by atoms with Crippen molar-refractivity contribution in [1.29, 1.82) is 0 Å². The first-order chi connectivity index (χ1) is 12.3. The molecule has 1 fully saturated rings. The van der Waals surface area contributed by atoms with Gasteiger partial charge in [-0.25, -0.2) is 9.37 Å². The van der Waals surface area contributed by atoms with Gasteiger partial charge in [-0.3, -0.25) is 9.69 Å². The second-order valence-electron chi connectivity index (χ2n) is 6.22. The summed E-state index contributed by atoms with van der Waals surface area (Å²) in [6, 6.07) is 8.13. The minimum absolute atomic E-state index is 0.174. The number of carbonyl (C=O) groups excluding carboxylic acids is 1. The third-order valence-corrected chi connectivity index (χ3v) is 4.42. The Morgan fingerprint density at radius 2 is 1.88 bits per heavy atom. The fourth-order valence-electron chi connectivity index (χ4n) is 2.98. The van der Waals surface area contributed by atoms with Crippen molar-refractivity contribution in [3.63, 3.8) is 0 Å². The van der Waals surface area contributed by atoms with Gasteiger partial charge in [0.05, 0.1) is 18.7 Å². The molecule has 26 heavy (non-hydrogen) atoms. The first-order valence-electron chi connectivity index (χ1n) is 8.23. The number of halogens is 4. The number of benzene rings is 1. The predicted molar refractivity (Wildman–Crippen MR) is 88.0 cm³/mol. The number of H-pyrrole nitrogens is 1. The van der Waals surface area contributed by atoms with Gasteiger partial charge in [-0.15, -0.1) is 0 Å². The number of aromatic amines is 1. The van der Waals surface area contributed by atoms with Crippen molar-refractivity contribution in [1.82, 2.24) is 0 Å². The van der Waals surface area contributed by atoms with Crippen molar-refractivity contribution < 1.29 is 27.3 Å². The van der Waals surface area contributed by atoms with Crippen LogP contribution in [0, 0.1) is 11.7 Å². The topological polar surface area (TPSA) is 46.5 Å². The summed E-state index contributed by atoms with van der Waals surface area (Å²) >= 11 is 0. The lowest BCUT2D eigenvalue weighted by atomic mass is 9.95. The number of carbonyl (C=O) groups is 1. The number of aromatic nitrogens is 1. The lowest BCUT2D eigenvalue weighted by Gasteiger charge is -2.27. The van der Waals surface area contributed by atoms with Crippen molar-refractivity contribution in [3.8, 4) is 0 Å². The van der Waals surface area contributed by atoms with Gasteiger partial charge in [0.25, 0.3) is 5.82 Å². The zero-order valence-electron chi connectivity index (χ0n) is 13.8. The highest BCUT2D eigenvalue weighted by molar-refractivity contribution is 5.92. The number of pyridine rings is 1. The largest absolute Gasteiger partial charge is 0.419 e. The number of nitrogens with one attached hydrogen (secondary N) is 2. The number of piperidine rings is 1. The van der Waals surface area contributed by atoms with Crippen LogP contribution in [-0.2, 0) is 11.0 Å². The van der Waals surface area contributed by atoms with Crippen molar-refractivity contribution in [2.24, 2.45) is 5.92 Å². The van der Waals surface area contributed by atoms with E-state index in [4.69, 9.17) is 0 Å². The maximum atomic E-state index is 13.2. The van der Waals surface area contributed by atoms with Gasteiger partial charge in [-0.2, -0.15) is 13.2 Å². The molecule has 0 atom stereocenters. The SMILES string of the molecule is O=C(Nc1cccc(F)c1)C1CCN(c2ccc(C(F)(F)F)c[nH+]2)CC1. The first kappa shape index (κ1) is 18.2. The zero-order chi connectivity index (χ0) is 18.7. The third kappa shape index (κ3) is 4.30. The van der Waals surface area contributed by atoms with Crippen LogP contribution in [-0.4, -0.2) is 19.0 Å². The average Bonchev–Trinajstić information content (AvgIpc) is 2.61. The molecule has 1 aromatic heterocycles. The van der Waals surface area contributed by atoms with Crippen LogP contribution in [0.3, 0.4) is 0 Å². The summed E-state index contributed by atoms with van der Waals surface area (Å²) in [5.41, 5.74) is -0.320. The van der Waals surface area contributed by atoms with E-state index in [0.29, 0.717) is 37.4 Å². The van der Waals surface area contributed by atoms with Crippen LogP contribution in [0.25, 0.3) is 0 Å². The molecule has 0 aliphatic carbocycles. The van der Waals surface area contributed by atoms with Crippen LogP contribution in [0.2, 0.25) is 0 Å². The highest BCUT2D eigenvalue weighted by Gasteiger charge is 2.33. The molecule has 3 rings (SSSR count). The fraction of sp³-hybridized carbons (Fsp3) is 0.333. The van der Waals surface area contributed by atoms with Crippen LogP contribution in [0.4, 0.5) is 29.1 Å². The summed E-state index contributed by atoms with van der Waals surface area (Å²) in [5.74, 6) is -0.229. The molecule has 1 aliphatic rings. The Balaban J connectivity index is 1.56. The Hall–Kier alpha value is -2.64. The number of hydrogen-bond acceptors (Lipinski definition) is 2. The predicted octanol–water partition coefficient (Wildman–Crippen LogP) is 3.51. The van der Waals surface area contributed by atoms with Gasteiger partial charge in [0.15, 0.2) is 0 Å². The zero-order valence-corrected chi connectivity index (χ0v) is 13.8. The second kappa shape index (κ2) is 7.31. The van der Waals surface area contributed by atoms with Crippen molar-refractivity contribution >= 4 is 17.4 Å². The third-order valence-electron chi connectivity index (χ3n) is 4.42. The number of alkyl halides is 3. The van der Waals surface area contributed by atoms with Gasteiger partial charge in [0.2, 0.25) is 5.91 Å². The molecule has 2 aromatic rings. The molecular weight excluding hydrogens is 350 g/mol. The Morgan fingerprint density at radius 3 is 2.46 bits per heavy atom. The summed E-state index contributed by atoms with van der Waals surface area (Å²) in [6.07, 6.45) is -2.30. The quantitative estimate of drug-likeness (QED) is 0.843. The number of nitrogens with zero attached hydrogens (tertiary/aromatic N) is 1. The van der Waals surface area contributed by atoms with Crippen molar-refractivity contribution in [3.05, 3.63) is 54.0 Å². The highest BCUT2D eigenvalue weighted by atomic mass is 19.4. The molecule has 138 valence electrons. The molecule has 1 aliphatic heterocycles. The number of anilines is 2. The average molecular weight is 368 g/mol. The van der Waals surface area contributed by atoms with E-state index in [-0.39, 0.29) is 11.8 Å². The summed E-state index contributed by atoms with van der Waals surface area (Å²) in [7, 11) is 0. The van der Waals surface area contributed by atoms with E-state index < -0.39 is 17.6 Å². The van der Waals surface area contributed by atoms with Gasteiger partial charge in [-0.1, -0.05) is 6.07 Å². The summed E-state index contributed by atoms with van der Waals surface area (Å²) in [5, 5.41) is 2.70. The molecule has 0 bridgehead atoms. The number of hydrogen-bond donors (Lipinski definition) is 1.